The van der Waals surface area contributed by atoms with Crippen LogP contribution in [0.2, 0.25) is 0 Å². The number of aromatic amines is 1. The van der Waals surface area contributed by atoms with E-state index in [2.05, 4.69) is 25.1 Å². The molecule has 1 aliphatic heterocycles. The second kappa shape index (κ2) is 11.3. The molecule has 1 fully saturated rings. The van der Waals surface area contributed by atoms with Crippen LogP contribution in [0.1, 0.15) is 0 Å². The molecule has 9 heteroatoms. The van der Waals surface area contributed by atoms with Crippen molar-refractivity contribution >= 4 is 33.6 Å². The van der Waals surface area contributed by atoms with Crippen LogP contribution >= 0.6 is 0 Å². The highest BCUT2D eigenvalue weighted by Gasteiger charge is 2.21. The Morgan fingerprint density at radius 3 is 2.69 bits per heavy atom. The van der Waals surface area contributed by atoms with Crippen molar-refractivity contribution in [1.29, 1.82) is 0 Å². The molecule has 0 saturated carbocycles. The number of β-amino-alcohol motifs (C(OH)–C–C–N with tert-alkyl or cyclic N) is 1. The molecule has 2 aromatic heterocycles. The van der Waals surface area contributed by atoms with E-state index in [4.69, 9.17) is 9.15 Å². The van der Waals surface area contributed by atoms with E-state index in [0.29, 0.717) is 35.8 Å². The summed E-state index contributed by atoms with van der Waals surface area (Å²) in [7, 11) is 0. The van der Waals surface area contributed by atoms with Gasteiger partial charge >= 0.3 is 0 Å². The van der Waals surface area contributed by atoms with Crippen molar-refractivity contribution < 1.29 is 19.1 Å². The van der Waals surface area contributed by atoms with E-state index >= 15 is 0 Å². The molecule has 0 bridgehead atoms. The van der Waals surface area contributed by atoms with Crippen LogP contribution in [0.5, 0.6) is 5.75 Å². The fourth-order valence-electron chi connectivity index (χ4n) is 4.96. The Hall–Kier alpha value is -4.18. The van der Waals surface area contributed by atoms with E-state index in [-0.39, 0.29) is 12.5 Å². The van der Waals surface area contributed by atoms with Crippen molar-refractivity contribution in [1.82, 2.24) is 19.8 Å². The van der Waals surface area contributed by atoms with E-state index in [0.717, 1.165) is 48.3 Å². The van der Waals surface area contributed by atoms with Crippen LogP contribution in [-0.2, 0) is 4.79 Å². The lowest BCUT2D eigenvalue weighted by Gasteiger charge is -2.35. The maximum atomic E-state index is 12.6. The SMILES string of the molecule is O=C(CN1CCN(CC(O)COc2ccc3oc(-c4ccccc4)nc3c2)CC1)Nc1cccc2[nH]ccc12. The number of carbonyl (C=O) groups excluding carboxylic acids is 1. The molecule has 5 aromatic rings. The third-order valence-electron chi connectivity index (χ3n) is 6.99. The molecule has 39 heavy (non-hydrogen) atoms. The number of aliphatic hydroxyl groups is 1. The Morgan fingerprint density at radius 2 is 1.85 bits per heavy atom. The molecule has 6 rings (SSSR count). The molecule has 0 radical (unpaired) electrons. The van der Waals surface area contributed by atoms with Gasteiger partial charge in [-0.1, -0.05) is 24.3 Å². The van der Waals surface area contributed by atoms with E-state index in [9.17, 15) is 9.90 Å². The summed E-state index contributed by atoms with van der Waals surface area (Å²) in [6.07, 6.45) is 1.24. The average Bonchev–Trinajstić information content (AvgIpc) is 3.61. The van der Waals surface area contributed by atoms with Gasteiger partial charge in [-0.3, -0.25) is 14.6 Å². The number of hydrogen-bond acceptors (Lipinski definition) is 7. The largest absolute Gasteiger partial charge is 0.491 e. The Labute approximate surface area is 226 Å². The number of ether oxygens (including phenoxy) is 1. The number of fused-ring (bicyclic) bond motifs is 2. The second-order valence-electron chi connectivity index (χ2n) is 9.85. The van der Waals surface area contributed by atoms with Crippen molar-refractivity contribution in [3.8, 4) is 17.2 Å². The fraction of sp³-hybridized carbons (Fsp3) is 0.267. The summed E-state index contributed by atoms with van der Waals surface area (Å²) in [6.45, 7) is 4.14. The van der Waals surface area contributed by atoms with Crippen molar-refractivity contribution in [3.05, 3.63) is 79.0 Å². The number of rotatable bonds is 9. The lowest BCUT2D eigenvalue weighted by Crippen LogP contribution is -2.50. The van der Waals surface area contributed by atoms with Gasteiger partial charge in [-0.2, -0.15) is 0 Å². The molecule has 1 atom stereocenters. The fourth-order valence-corrected chi connectivity index (χ4v) is 4.96. The van der Waals surface area contributed by atoms with Crippen LogP contribution in [0.25, 0.3) is 33.5 Å². The Bertz CT molecular complexity index is 1560. The van der Waals surface area contributed by atoms with Gasteiger partial charge in [-0.25, -0.2) is 4.98 Å². The minimum Gasteiger partial charge on any atom is -0.491 e. The predicted octanol–water partition coefficient (Wildman–Crippen LogP) is 3.97. The summed E-state index contributed by atoms with van der Waals surface area (Å²) in [6, 6.07) is 23.1. The highest BCUT2D eigenvalue weighted by atomic mass is 16.5. The van der Waals surface area contributed by atoms with Gasteiger partial charge in [0.2, 0.25) is 11.8 Å². The van der Waals surface area contributed by atoms with Crippen LogP contribution in [0.3, 0.4) is 0 Å². The van der Waals surface area contributed by atoms with E-state index < -0.39 is 6.10 Å². The molecule has 1 amide bonds. The van der Waals surface area contributed by atoms with Gasteiger partial charge in [0.25, 0.3) is 0 Å². The number of H-pyrrole nitrogens is 1. The second-order valence-corrected chi connectivity index (χ2v) is 9.85. The number of piperazine rings is 1. The number of benzene rings is 3. The standard InChI is InChI=1S/C30H31N5O4/c36-22(20-38-23-9-10-28-27(17-23)33-30(39-28)21-5-2-1-3-6-21)18-34-13-15-35(16-14-34)19-29(37)32-26-8-4-7-25-24(26)11-12-31-25/h1-12,17,22,31,36H,13-16,18-20H2,(H,32,37). The first-order chi connectivity index (χ1) is 19.1. The number of nitrogens with zero attached hydrogens (tertiary/aromatic N) is 3. The molecule has 1 aliphatic rings. The topological polar surface area (TPSA) is 107 Å². The Balaban J connectivity index is 0.946. The quantitative estimate of drug-likeness (QED) is 0.267. The van der Waals surface area contributed by atoms with E-state index in [1.165, 1.54) is 0 Å². The Kier molecular flexibility index (Phi) is 7.27. The third kappa shape index (κ3) is 5.96. The van der Waals surface area contributed by atoms with Crippen LogP contribution in [-0.4, -0.2) is 82.8 Å². The highest BCUT2D eigenvalue weighted by molar-refractivity contribution is 6.01. The summed E-state index contributed by atoms with van der Waals surface area (Å²) in [5.41, 5.74) is 4.14. The van der Waals surface area contributed by atoms with Crippen LogP contribution in [0.15, 0.2) is 83.4 Å². The van der Waals surface area contributed by atoms with Crippen LogP contribution in [0, 0.1) is 0 Å². The zero-order valence-corrected chi connectivity index (χ0v) is 21.5. The van der Waals surface area contributed by atoms with E-state index in [1.54, 1.807) is 0 Å². The molecule has 3 heterocycles. The minimum atomic E-state index is -0.630. The smallest absolute Gasteiger partial charge is 0.238 e. The monoisotopic (exact) mass is 525 g/mol. The van der Waals surface area contributed by atoms with Gasteiger partial charge in [0.05, 0.1) is 12.2 Å². The van der Waals surface area contributed by atoms with Gasteiger partial charge in [0, 0.05) is 61.5 Å². The molecule has 3 aromatic carbocycles. The summed E-state index contributed by atoms with van der Waals surface area (Å²) in [5.74, 6) is 1.18. The van der Waals surface area contributed by atoms with Gasteiger partial charge in [-0.05, 0) is 42.5 Å². The van der Waals surface area contributed by atoms with Gasteiger partial charge in [-0.15, -0.1) is 0 Å². The first-order valence-corrected chi connectivity index (χ1v) is 13.2. The Morgan fingerprint density at radius 1 is 1.03 bits per heavy atom. The first-order valence-electron chi connectivity index (χ1n) is 13.2. The van der Waals surface area contributed by atoms with Gasteiger partial charge in [0.15, 0.2) is 5.58 Å². The molecule has 9 nitrogen and oxygen atoms in total. The lowest BCUT2D eigenvalue weighted by molar-refractivity contribution is -0.117. The van der Waals surface area contributed by atoms with Crippen LogP contribution < -0.4 is 10.1 Å². The minimum absolute atomic E-state index is 0.0226. The summed E-state index contributed by atoms with van der Waals surface area (Å²) >= 11 is 0. The summed E-state index contributed by atoms with van der Waals surface area (Å²) in [5, 5.41) is 14.6. The molecular formula is C30H31N5O4. The van der Waals surface area contributed by atoms with Crippen molar-refractivity contribution in [2.45, 2.75) is 6.10 Å². The number of aromatic nitrogens is 2. The molecule has 0 spiro atoms. The number of nitrogens with one attached hydrogen (secondary N) is 2. The average molecular weight is 526 g/mol. The number of carbonyl (C=O) groups is 1. The van der Waals surface area contributed by atoms with Crippen molar-refractivity contribution in [2.75, 3.05) is 51.2 Å². The maximum Gasteiger partial charge on any atom is 0.238 e. The number of oxazole rings is 1. The van der Waals surface area contributed by atoms with Gasteiger partial charge in [0.1, 0.15) is 24.0 Å². The number of anilines is 1. The molecular weight excluding hydrogens is 494 g/mol. The molecule has 200 valence electrons. The molecule has 3 N–H and O–H groups in total. The summed E-state index contributed by atoms with van der Waals surface area (Å²) < 4.78 is 11.7. The number of aliphatic hydroxyl groups excluding tert-OH is 1. The molecule has 1 unspecified atom stereocenters. The maximum absolute atomic E-state index is 12.6. The highest BCUT2D eigenvalue weighted by Crippen LogP contribution is 2.27. The predicted molar refractivity (Wildman–Crippen MR) is 151 cm³/mol. The third-order valence-corrected chi connectivity index (χ3v) is 6.99. The van der Waals surface area contributed by atoms with Gasteiger partial charge < -0.3 is 24.6 Å². The normalized spacial score (nSPS) is 15.5. The lowest BCUT2D eigenvalue weighted by atomic mass is 10.2. The molecule has 1 saturated heterocycles. The zero-order valence-electron chi connectivity index (χ0n) is 21.5. The van der Waals surface area contributed by atoms with Crippen LogP contribution in [0.4, 0.5) is 5.69 Å². The number of hydrogen-bond donors (Lipinski definition) is 3. The molecule has 0 aliphatic carbocycles. The summed E-state index contributed by atoms with van der Waals surface area (Å²) in [4.78, 5) is 24.7. The first kappa shape index (κ1) is 25.1. The van der Waals surface area contributed by atoms with Crippen molar-refractivity contribution in [2.24, 2.45) is 0 Å². The van der Waals surface area contributed by atoms with E-state index in [1.807, 2.05) is 79.0 Å². The van der Waals surface area contributed by atoms with Crippen molar-refractivity contribution in [3.63, 3.8) is 0 Å². The number of amides is 1. The zero-order chi connectivity index (χ0) is 26.6.